The van der Waals surface area contributed by atoms with E-state index in [1.165, 1.54) is 4.68 Å². The molecule has 204 valence electrons. The van der Waals surface area contributed by atoms with Crippen molar-refractivity contribution in [2.45, 2.75) is 37.4 Å². The molecule has 0 spiro atoms. The summed E-state index contributed by atoms with van der Waals surface area (Å²) in [6.07, 6.45) is -4.47. The number of aromatic amines is 1. The second kappa shape index (κ2) is 11.0. The first-order chi connectivity index (χ1) is 18.4. The molecule has 1 unspecified atom stereocenters. The lowest BCUT2D eigenvalue weighted by Crippen LogP contribution is -2.42. The van der Waals surface area contributed by atoms with E-state index in [0.717, 1.165) is 22.5 Å². The molecule has 0 aliphatic rings. The topological polar surface area (TPSA) is 92.2 Å². The molecule has 0 saturated carbocycles. The Labute approximate surface area is 223 Å². The van der Waals surface area contributed by atoms with Gasteiger partial charge in [0.15, 0.2) is 5.78 Å². The molecule has 3 aromatic carbocycles. The summed E-state index contributed by atoms with van der Waals surface area (Å²) in [4.78, 5) is 26.6. The highest BCUT2D eigenvalue weighted by Crippen LogP contribution is 2.32. The lowest BCUT2D eigenvalue weighted by Gasteiger charge is -2.27. The lowest BCUT2D eigenvalue weighted by molar-refractivity contribution is -0.137. The monoisotopic (exact) mass is 557 g/mol. The van der Waals surface area contributed by atoms with E-state index in [0.29, 0.717) is 17.3 Å². The summed E-state index contributed by atoms with van der Waals surface area (Å²) in [5.74, 6) is -0.791. The van der Waals surface area contributed by atoms with E-state index in [1.807, 2.05) is 0 Å². The lowest BCUT2D eigenvalue weighted by atomic mass is 10.0. The number of Topliss-reactive ketones (excluding diaryl/α,β-unsaturated/α-hetero) is 1. The average molecular weight is 558 g/mol. The Morgan fingerprint density at radius 3 is 2.18 bits per heavy atom. The largest absolute Gasteiger partial charge is 0.416 e. The molecular formula is C28H26F3N3O4S. The van der Waals surface area contributed by atoms with Crippen molar-refractivity contribution in [1.82, 2.24) is 14.1 Å². The molecule has 4 aromatic rings. The van der Waals surface area contributed by atoms with Crippen LogP contribution < -0.4 is 5.56 Å². The minimum atomic E-state index is -4.75. The predicted molar refractivity (Wildman–Crippen MR) is 141 cm³/mol. The van der Waals surface area contributed by atoms with Crippen molar-refractivity contribution in [3.05, 3.63) is 106 Å². The molecule has 7 nitrogen and oxygen atoms in total. The van der Waals surface area contributed by atoms with Gasteiger partial charge in [0.25, 0.3) is 5.56 Å². The van der Waals surface area contributed by atoms with Crippen LogP contribution in [0.25, 0.3) is 16.9 Å². The van der Waals surface area contributed by atoms with Gasteiger partial charge >= 0.3 is 6.18 Å². The molecule has 11 heteroatoms. The number of para-hydroxylation sites is 1. The Morgan fingerprint density at radius 1 is 0.974 bits per heavy atom. The predicted octanol–water partition coefficient (Wildman–Crippen LogP) is 5.52. The Hall–Kier alpha value is -3.96. The van der Waals surface area contributed by atoms with Crippen LogP contribution in [-0.2, 0) is 16.2 Å². The second-order valence-corrected chi connectivity index (χ2v) is 10.9. The van der Waals surface area contributed by atoms with Gasteiger partial charge in [-0.05, 0) is 43.7 Å². The van der Waals surface area contributed by atoms with Gasteiger partial charge in [-0.15, -0.1) is 0 Å². The van der Waals surface area contributed by atoms with E-state index in [1.54, 1.807) is 74.5 Å². The van der Waals surface area contributed by atoms with E-state index in [4.69, 9.17) is 0 Å². The van der Waals surface area contributed by atoms with Crippen LogP contribution in [0.15, 0.2) is 94.6 Å². The number of H-pyrrole nitrogens is 1. The highest BCUT2D eigenvalue weighted by molar-refractivity contribution is 7.89. The fourth-order valence-corrected chi connectivity index (χ4v) is 5.85. The molecular weight excluding hydrogens is 531 g/mol. The Balaban J connectivity index is 1.81. The summed E-state index contributed by atoms with van der Waals surface area (Å²) in [5.41, 5.74) is -0.849. The van der Waals surface area contributed by atoms with Gasteiger partial charge in [-0.25, -0.2) is 13.1 Å². The fraction of sp³-hybridized carbons (Fsp3) is 0.214. The highest BCUT2D eigenvalue weighted by Gasteiger charge is 2.36. The first kappa shape index (κ1) is 28.1. The Bertz CT molecular complexity index is 1630. The van der Waals surface area contributed by atoms with Crippen molar-refractivity contribution in [1.29, 1.82) is 0 Å². The first-order valence-corrected chi connectivity index (χ1v) is 13.6. The van der Waals surface area contributed by atoms with Crippen LogP contribution in [0.3, 0.4) is 0 Å². The Kier molecular flexibility index (Phi) is 7.94. The van der Waals surface area contributed by atoms with Crippen molar-refractivity contribution in [2.75, 3.05) is 6.54 Å². The molecule has 1 heterocycles. The minimum absolute atomic E-state index is 0.204. The third-order valence-electron chi connectivity index (χ3n) is 6.40. The van der Waals surface area contributed by atoms with Gasteiger partial charge in [0.2, 0.25) is 10.0 Å². The second-order valence-electron chi connectivity index (χ2n) is 8.96. The summed E-state index contributed by atoms with van der Waals surface area (Å²) < 4.78 is 69.1. The Morgan fingerprint density at radius 2 is 1.59 bits per heavy atom. The molecule has 0 bridgehead atoms. The summed E-state index contributed by atoms with van der Waals surface area (Å²) >= 11 is 0. The third kappa shape index (κ3) is 5.74. The molecule has 0 fully saturated rings. The van der Waals surface area contributed by atoms with Crippen LogP contribution in [-0.4, -0.2) is 40.9 Å². The summed E-state index contributed by atoms with van der Waals surface area (Å²) in [6, 6.07) is 19.8. The number of nitrogens with one attached hydrogen (secondary N) is 1. The molecule has 1 N–H and O–H groups in total. The molecule has 0 aliphatic carbocycles. The normalized spacial score (nSPS) is 13.0. The number of hydrogen-bond donors (Lipinski definition) is 1. The van der Waals surface area contributed by atoms with Crippen LogP contribution in [0, 0.1) is 0 Å². The average Bonchev–Trinajstić information content (AvgIpc) is 3.28. The van der Waals surface area contributed by atoms with Gasteiger partial charge in [0.1, 0.15) is 5.56 Å². The van der Waals surface area contributed by atoms with Crippen molar-refractivity contribution in [3.8, 4) is 16.9 Å². The van der Waals surface area contributed by atoms with Crippen molar-refractivity contribution >= 4 is 15.8 Å². The zero-order chi connectivity index (χ0) is 28.4. The number of rotatable bonds is 9. The number of carbonyl (C=O) groups excluding carboxylic acids is 1. The van der Waals surface area contributed by atoms with Gasteiger partial charge in [0, 0.05) is 11.6 Å². The number of hydrogen-bond acceptors (Lipinski definition) is 4. The maximum atomic E-state index is 13.7. The van der Waals surface area contributed by atoms with E-state index >= 15 is 0 Å². The van der Waals surface area contributed by atoms with Gasteiger partial charge < -0.3 is 0 Å². The van der Waals surface area contributed by atoms with Crippen LogP contribution in [0.5, 0.6) is 0 Å². The number of aromatic nitrogens is 2. The zero-order valence-electron chi connectivity index (χ0n) is 21.1. The quantitative estimate of drug-likeness (QED) is 0.274. The van der Waals surface area contributed by atoms with Crippen LogP contribution >= 0.6 is 0 Å². The van der Waals surface area contributed by atoms with Crippen LogP contribution in [0.4, 0.5) is 13.2 Å². The molecule has 0 aliphatic heterocycles. The summed E-state index contributed by atoms with van der Waals surface area (Å²) in [5, 5.41) is 2.96. The fourth-order valence-electron chi connectivity index (χ4n) is 4.14. The number of carbonyl (C=O) groups is 1. The van der Waals surface area contributed by atoms with E-state index in [-0.39, 0.29) is 17.7 Å². The number of ketones is 1. The summed E-state index contributed by atoms with van der Waals surface area (Å²) in [6.45, 7) is 2.50. The molecule has 1 aromatic heterocycles. The zero-order valence-corrected chi connectivity index (χ0v) is 22.0. The maximum absolute atomic E-state index is 13.7. The number of sulfonamides is 1. The minimum Gasteiger partial charge on any atom is -0.292 e. The number of benzene rings is 3. The molecule has 39 heavy (non-hydrogen) atoms. The molecule has 4 rings (SSSR count). The van der Waals surface area contributed by atoms with Crippen molar-refractivity contribution in [2.24, 2.45) is 0 Å². The van der Waals surface area contributed by atoms with E-state index < -0.39 is 50.6 Å². The van der Waals surface area contributed by atoms with Gasteiger partial charge in [-0.3, -0.25) is 14.7 Å². The standard InChI is InChI=1S/C28H26F3N3O4S/c1-3-19(2)33(39(37,38)23-16-10-13-21(17-23)28(29,30)31)18-24(35)25-26(20-11-6-4-7-12-20)32-34(27(25)36)22-14-8-5-9-15-22/h4-17,19,32H,3,18H2,1-2H3. The van der Waals surface area contributed by atoms with Gasteiger partial charge in [-0.1, -0.05) is 61.5 Å². The summed E-state index contributed by atoms with van der Waals surface area (Å²) in [7, 11) is -4.54. The van der Waals surface area contributed by atoms with Crippen LogP contribution in [0.1, 0.15) is 36.2 Å². The van der Waals surface area contributed by atoms with Crippen molar-refractivity contribution < 1.29 is 26.4 Å². The number of halogens is 3. The van der Waals surface area contributed by atoms with E-state index in [2.05, 4.69) is 5.10 Å². The molecule has 0 saturated heterocycles. The maximum Gasteiger partial charge on any atom is 0.416 e. The highest BCUT2D eigenvalue weighted by atomic mass is 32.2. The molecule has 0 radical (unpaired) electrons. The van der Waals surface area contributed by atoms with Crippen molar-refractivity contribution in [3.63, 3.8) is 0 Å². The van der Waals surface area contributed by atoms with Crippen LogP contribution in [0.2, 0.25) is 0 Å². The molecule has 0 amide bonds. The van der Waals surface area contributed by atoms with E-state index in [9.17, 15) is 31.2 Å². The third-order valence-corrected chi connectivity index (χ3v) is 8.35. The SMILES string of the molecule is CCC(C)N(CC(=O)c1c(-c2ccccc2)[nH]n(-c2ccccc2)c1=O)S(=O)(=O)c1cccc(C(F)(F)F)c1. The van der Waals surface area contributed by atoms with Gasteiger partial charge in [-0.2, -0.15) is 17.5 Å². The van der Waals surface area contributed by atoms with Gasteiger partial charge in [0.05, 0.1) is 28.4 Å². The smallest absolute Gasteiger partial charge is 0.292 e. The number of alkyl halides is 3. The molecule has 1 atom stereocenters. The first-order valence-electron chi connectivity index (χ1n) is 12.1. The number of nitrogens with zero attached hydrogens (tertiary/aromatic N) is 2.